The van der Waals surface area contributed by atoms with E-state index in [1.165, 1.54) is 5.56 Å². The molecule has 1 amide bonds. The molecule has 134 valence electrons. The standard InChI is InChI=1S/C19H21BrClNO2S/c20-16-7-11-18(12-8-16)25(24)14-2-4-19(23)22-13-1-3-15-5-9-17(21)10-6-15/h5-12H,1-4,13-14H2,(H,22,23). The fourth-order valence-corrected chi connectivity index (χ4v) is 3.80. The lowest BCUT2D eigenvalue weighted by atomic mass is 10.1. The predicted molar refractivity (Wildman–Crippen MR) is 107 cm³/mol. The summed E-state index contributed by atoms with van der Waals surface area (Å²) in [6.07, 6.45) is 2.82. The molecule has 0 saturated carbocycles. The fourth-order valence-electron chi connectivity index (χ4n) is 2.33. The number of amides is 1. The lowest BCUT2D eigenvalue weighted by molar-refractivity contribution is -0.121. The summed E-state index contributed by atoms with van der Waals surface area (Å²) in [5.74, 6) is 0.517. The number of rotatable bonds is 9. The molecule has 1 N–H and O–H groups in total. The summed E-state index contributed by atoms with van der Waals surface area (Å²) in [7, 11) is -1.05. The highest BCUT2D eigenvalue weighted by Crippen LogP contribution is 2.14. The number of benzene rings is 2. The van der Waals surface area contributed by atoms with Crippen LogP contribution in [0.15, 0.2) is 57.9 Å². The van der Waals surface area contributed by atoms with Crippen molar-refractivity contribution >= 4 is 44.2 Å². The van der Waals surface area contributed by atoms with Gasteiger partial charge in [0.15, 0.2) is 0 Å². The smallest absolute Gasteiger partial charge is 0.220 e. The molecule has 0 saturated heterocycles. The van der Waals surface area contributed by atoms with Gasteiger partial charge in [-0.15, -0.1) is 0 Å². The molecule has 25 heavy (non-hydrogen) atoms. The van der Waals surface area contributed by atoms with Crippen LogP contribution >= 0.6 is 27.5 Å². The fraction of sp³-hybridized carbons (Fsp3) is 0.316. The Morgan fingerprint density at radius 2 is 1.72 bits per heavy atom. The highest BCUT2D eigenvalue weighted by atomic mass is 79.9. The van der Waals surface area contributed by atoms with Crippen molar-refractivity contribution in [1.82, 2.24) is 5.32 Å². The van der Waals surface area contributed by atoms with Crippen LogP contribution in [0.4, 0.5) is 0 Å². The maximum atomic E-state index is 12.1. The maximum absolute atomic E-state index is 12.1. The molecule has 2 aromatic rings. The van der Waals surface area contributed by atoms with Gasteiger partial charge >= 0.3 is 0 Å². The lowest BCUT2D eigenvalue weighted by Crippen LogP contribution is -2.24. The Bertz CT molecular complexity index is 704. The number of carbonyl (C=O) groups is 1. The average molecular weight is 443 g/mol. The van der Waals surface area contributed by atoms with E-state index in [0.29, 0.717) is 25.1 Å². The van der Waals surface area contributed by atoms with Gasteiger partial charge in [-0.3, -0.25) is 9.00 Å². The monoisotopic (exact) mass is 441 g/mol. The zero-order valence-electron chi connectivity index (χ0n) is 13.8. The average Bonchev–Trinajstić information content (AvgIpc) is 2.61. The van der Waals surface area contributed by atoms with Crippen LogP contribution in [0.3, 0.4) is 0 Å². The molecule has 0 aliphatic heterocycles. The van der Waals surface area contributed by atoms with Gasteiger partial charge in [0.25, 0.3) is 0 Å². The van der Waals surface area contributed by atoms with E-state index in [-0.39, 0.29) is 5.91 Å². The van der Waals surface area contributed by atoms with Gasteiger partial charge in [-0.25, -0.2) is 0 Å². The Labute approximate surface area is 164 Å². The first-order valence-electron chi connectivity index (χ1n) is 8.19. The minimum Gasteiger partial charge on any atom is -0.356 e. The molecule has 3 nitrogen and oxygen atoms in total. The van der Waals surface area contributed by atoms with Gasteiger partial charge in [-0.2, -0.15) is 0 Å². The van der Waals surface area contributed by atoms with Gasteiger partial charge in [-0.05, 0) is 61.2 Å². The topological polar surface area (TPSA) is 46.2 Å². The highest BCUT2D eigenvalue weighted by molar-refractivity contribution is 9.10. The molecule has 1 unspecified atom stereocenters. The molecule has 0 radical (unpaired) electrons. The second-order valence-corrected chi connectivity index (χ2v) is 8.61. The molecule has 0 bridgehead atoms. The summed E-state index contributed by atoms with van der Waals surface area (Å²) in [6, 6.07) is 15.2. The molecule has 0 spiro atoms. The largest absolute Gasteiger partial charge is 0.356 e. The Morgan fingerprint density at radius 3 is 2.40 bits per heavy atom. The van der Waals surface area contributed by atoms with Crippen LogP contribution in [-0.2, 0) is 22.0 Å². The van der Waals surface area contributed by atoms with Crippen LogP contribution in [0.25, 0.3) is 0 Å². The second-order valence-electron chi connectivity index (χ2n) is 5.69. The van der Waals surface area contributed by atoms with Gasteiger partial charge in [0.1, 0.15) is 0 Å². The van der Waals surface area contributed by atoms with Crippen LogP contribution in [0.5, 0.6) is 0 Å². The van der Waals surface area contributed by atoms with Crippen molar-refractivity contribution in [2.45, 2.75) is 30.6 Å². The van der Waals surface area contributed by atoms with Gasteiger partial charge in [0.05, 0.1) is 10.8 Å². The normalized spacial score (nSPS) is 11.9. The maximum Gasteiger partial charge on any atom is 0.220 e. The summed E-state index contributed by atoms with van der Waals surface area (Å²) in [4.78, 5) is 12.6. The van der Waals surface area contributed by atoms with Crippen LogP contribution in [-0.4, -0.2) is 22.4 Å². The molecule has 0 heterocycles. The van der Waals surface area contributed by atoms with Gasteiger partial charge in [0.2, 0.25) is 5.91 Å². The second kappa shape index (κ2) is 10.7. The van der Waals surface area contributed by atoms with Crippen molar-refractivity contribution in [2.75, 3.05) is 12.3 Å². The lowest BCUT2D eigenvalue weighted by Gasteiger charge is -2.06. The molecular formula is C19H21BrClNO2S. The van der Waals surface area contributed by atoms with Crippen LogP contribution in [0, 0.1) is 0 Å². The number of hydrogen-bond acceptors (Lipinski definition) is 2. The van der Waals surface area contributed by atoms with E-state index >= 15 is 0 Å². The van der Waals surface area contributed by atoms with Crippen LogP contribution < -0.4 is 5.32 Å². The summed E-state index contributed by atoms with van der Waals surface area (Å²) in [5.41, 5.74) is 1.21. The van der Waals surface area contributed by atoms with Crippen molar-refractivity contribution in [3.63, 3.8) is 0 Å². The van der Waals surface area contributed by atoms with Crippen LogP contribution in [0.1, 0.15) is 24.8 Å². The summed E-state index contributed by atoms with van der Waals surface area (Å²) >= 11 is 9.21. The van der Waals surface area contributed by atoms with E-state index in [4.69, 9.17) is 11.6 Å². The molecule has 0 aliphatic carbocycles. The third-order valence-electron chi connectivity index (χ3n) is 3.69. The highest BCUT2D eigenvalue weighted by Gasteiger charge is 2.06. The van der Waals surface area contributed by atoms with Crippen molar-refractivity contribution < 1.29 is 9.00 Å². The SMILES string of the molecule is O=C(CCCS(=O)c1ccc(Br)cc1)NCCCc1ccc(Cl)cc1. The Morgan fingerprint density at radius 1 is 1.04 bits per heavy atom. The molecular weight excluding hydrogens is 422 g/mol. The first kappa shape index (κ1) is 20.1. The van der Waals surface area contributed by atoms with Crippen molar-refractivity contribution in [1.29, 1.82) is 0 Å². The van der Waals surface area contributed by atoms with Crippen molar-refractivity contribution in [2.24, 2.45) is 0 Å². The Balaban J connectivity index is 1.58. The first-order valence-corrected chi connectivity index (χ1v) is 10.7. The Kier molecular flexibility index (Phi) is 8.65. The third kappa shape index (κ3) is 7.72. The number of aryl methyl sites for hydroxylation is 1. The third-order valence-corrected chi connectivity index (χ3v) is 5.93. The van der Waals surface area contributed by atoms with E-state index in [1.54, 1.807) is 0 Å². The summed E-state index contributed by atoms with van der Waals surface area (Å²) in [6.45, 7) is 0.650. The Hall–Kier alpha value is -1.17. The molecule has 2 rings (SSSR count). The molecule has 1 atom stereocenters. The summed E-state index contributed by atoms with van der Waals surface area (Å²) < 4.78 is 13.1. The van der Waals surface area contributed by atoms with Crippen molar-refractivity contribution in [3.8, 4) is 0 Å². The minimum atomic E-state index is -1.05. The van der Waals surface area contributed by atoms with Gasteiger partial charge < -0.3 is 5.32 Å². The van der Waals surface area contributed by atoms with Gasteiger partial charge in [-0.1, -0.05) is 39.7 Å². The van der Waals surface area contributed by atoms with E-state index in [9.17, 15) is 9.00 Å². The number of halogens is 2. The first-order chi connectivity index (χ1) is 12.0. The molecule has 2 aromatic carbocycles. The minimum absolute atomic E-state index is 0.0175. The molecule has 6 heteroatoms. The molecule has 0 fully saturated rings. The van der Waals surface area contributed by atoms with E-state index in [1.807, 2.05) is 48.5 Å². The van der Waals surface area contributed by atoms with Crippen LogP contribution in [0.2, 0.25) is 5.02 Å². The molecule has 0 aromatic heterocycles. The zero-order chi connectivity index (χ0) is 18.1. The quantitative estimate of drug-likeness (QED) is 0.570. The van der Waals surface area contributed by atoms with E-state index in [2.05, 4.69) is 21.2 Å². The number of carbonyl (C=O) groups excluding carboxylic acids is 1. The van der Waals surface area contributed by atoms with Crippen molar-refractivity contribution in [3.05, 3.63) is 63.6 Å². The molecule has 0 aliphatic rings. The van der Waals surface area contributed by atoms with E-state index < -0.39 is 10.8 Å². The van der Waals surface area contributed by atoms with E-state index in [0.717, 1.165) is 27.2 Å². The predicted octanol–water partition coefficient (Wildman–Crippen LogP) is 4.74. The zero-order valence-corrected chi connectivity index (χ0v) is 17.0. The van der Waals surface area contributed by atoms with Gasteiger partial charge in [0, 0.05) is 33.1 Å². The number of nitrogens with one attached hydrogen (secondary N) is 1. The number of hydrogen-bond donors (Lipinski definition) is 1. The summed E-state index contributed by atoms with van der Waals surface area (Å²) in [5, 5.41) is 3.65.